The van der Waals surface area contributed by atoms with Crippen molar-refractivity contribution >= 4 is 28.4 Å². The van der Waals surface area contributed by atoms with Gasteiger partial charge < -0.3 is 15.6 Å². The van der Waals surface area contributed by atoms with E-state index in [-0.39, 0.29) is 18.2 Å². The van der Waals surface area contributed by atoms with E-state index in [0.717, 1.165) is 6.07 Å². The molecular formula is C12H11FIN3O2. The van der Waals surface area contributed by atoms with Crippen LogP contribution in [0.2, 0.25) is 0 Å². The fourth-order valence-electron chi connectivity index (χ4n) is 1.58. The van der Waals surface area contributed by atoms with E-state index in [1.165, 1.54) is 12.1 Å². The summed E-state index contributed by atoms with van der Waals surface area (Å²) in [6, 6.07) is 3.62. The van der Waals surface area contributed by atoms with E-state index < -0.39 is 5.82 Å². The van der Waals surface area contributed by atoms with Crippen molar-refractivity contribution in [1.82, 2.24) is 9.97 Å². The number of nitrogens with two attached hydrogens (primary N) is 1. The summed E-state index contributed by atoms with van der Waals surface area (Å²) in [5, 5.41) is 9.40. The highest BCUT2D eigenvalue weighted by atomic mass is 127. The van der Waals surface area contributed by atoms with E-state index in [0.29, 0.717) is 20.6 Å². The lowest BCUT2D eigenvalue weighted by atomic mass is 10.2. The van der Waals surface area contributed by atoms with Gasteiger partial charge in [-0.05, 0) is 34.7 Å². The molecule has 0 amide bonds. The molecule has 2 aromatic rings. The second kappa shape index (κ2) is 5.66. The van der Waals surface area contributed by atoms with Crippen molar-refractivity contribution in [2.75, 3.05) is 12.8 Å². The molecular weight excluding hydrogens is 364 g/mol. The number of hydrogen-bond acceptors (Lipinski definition) is 5. The number of ether oxygens (including phenoxy) is 1. The summed E-state index contributed by atoms with van der Waals surface area (Å²) in [6.07, 6.45) is 0. The predicted molar refractivity (Wildman–Crippen MR) is 76.9 cm³/mol. The maximum absolute atomic E-state index is 13.3. The van der Waals surface area contributed by atoms with Gasteiger partial charge in [0, 0.05) is 18.7 Å². The number of nitrogens with zero attached hydrogens (tertiary/aromatic N) is 2. The van der Waals surface area contributed by atoms with E-state index in [4.69, 9.17) is 10.5 Å². The molecule has 0 aliphatic rings. The second-order valence-corrected chi connectivity index (χ2v) is 4.90. The van der Waals surface area contributed by atoms with E-state index >= 15 is 0 Å². The summed E-state index contributed by atoms with van der Waals surface area (Å²) in [5.41, 5.74) is 6.77. The molecule has 1 heterocycles. The van der Waals surface area contributed by atoms with Crippen molar-refractivity contribution in [3.05, 3.63) is 33.3 Å². The van der Waals surface area contributed by atoms with E-state index in [1.807, 2.05) is 22.6 Å². The molecule has 0 aliphatic carbocycles. The minimum atomic E-state index is -0.566. The Hall–Kier alpha value is -1.48. The number of hydrogen-bond donors (Lipinski definition) is 2. The number of anilines is 1. The average Bonchev–Trinajstić information content (AvgIpc) is 2.33. The zero-order valence-corrected chi connectivity index (χ0v) is 12.2. The molecule has 2 rings (SSSR count). The first-order valence-corrected chi connectivity index (χ1v) is 6.40. The SMILES string of the molecule is COCc1nc(-c2cc(O)cc(F)c2)nc(N)c1I. The number of phenolic OH excluding ortho intramolecular Hbond substituents is 1. The fraction of sp³-hybridized carbons (Fsp3) is 0.167. The van der Waals surface area contributed by atoms with Gasteiger partial charge >= 0.3 is 0 Å². The first kappa shape index (κ1) is 13.9. The number of benzene rings is 1. The molecule has 0 unspecified atom stereocenters. The Morgan fingerprint density at radius 2 is 2.11 bits per heavy atom. The second-order valence-electron chi connectivity index (χ2n) is 3.82. The van der Waals surface area contributed by atoms with Gasteiger partial charge in [0.2, 0.25) is 0 Å². The van der Waals surface area contributed by atoms with Crippen LogP contribution < -0.4 is 5.73 Å². The Labute approximate surface area is 122 Å². The monoisotopic (exact) mass is 375 g/mol. The quantitative estimate of drug-likeness (QED) is 0.805. The van der Waals surface area contributed by atoms with Gasteiger partial charge in [0.15, 0.2) is 5.82 Å². The van der Waals surface area contributed by atoms with Crippen molar-refractivity contribution < 1.29 is 14.2 Å². The summed E-state index contributed by atoms with van der Waals surface area (Å²) >= 11 is 2.02. The van der Waals surface area contributed by atoms with Gasteiger partial charge in [-0.15, -0.1) is 0 Å². The standard InChI is InChI=1S/C12H11FIN3O2/c1-19-5-9-10(14)11(15)17-12(16-9)6-2-7(13)4-8(18)3-6/h2-4,18H,5H2,1H3,(H2,15,16,17). The Morgan fingerprint density at radius 3 is 2.74 bits per heavy atom. The summed E-state index contributed by atoms with van der Waals surface area (Å²) in [5.74, 6) is -0.214. The number of aromatic nitrogens is 2. The highest BCUT2D eigenvalue weighted by molar-refractivity contribution is 14.1. The smallest absolute Gasteiger partial charge is 0.162 e. The normalized spacial score (nSPS) is 10.7. The van der Waals surface area contributed by atoms with Crippen LogP contribution in [0.3, 0.4) is 0 Å². The fourth-order valence-corrected chi connectivity index (χ4v) is 1.97. The minimum Gasteiger partial charge on any atom is -0.508 e. The third-order valence-electron chi connectivity index (χ3n) is 2.37. The van der Waals surface area contributed by atoms with E-state index in [9.17, 15) is 9.50 Å². The molecule has 3 N–H and O–H groups in total. The van der Waals surface area contributed by atoms with Crippen molar-refractivity contribution in [3.8, 4) is 17.1 Å². The average molecular weight is 375 g/mol. The van der Waals surface area contributed by atoms with Crippen molar-refractivity contribution in [2.24, 2.45) is 0 Å². The van der Waals surface area contributed by atoms with Crippen LogP contribution >= 0.6 is 22.6 Å². The third kappa shape index (κ3) is 3.10. The minimum absolute atomic E-state index is 0.191. The maximum Gasteiger partial charge on any atom is 0.162 e. The molecule has 1 aromatic carbocycles. The largest absolute Gasteiger partial charge is 0.508 e. The van der Waals surface area contributed by atoms with Crippen molar-refractivity contribution in [2.45, 2.75) is 6.61 Å². The third-order valence-corrected chi connectivity index (χ3v) is 3.54. The Morgan fingerprint density at radius 1 is 1.37 bits per heavy atom. The summed E-state index contributed by atoms with van der Waals surface area (Å²) in [4.78, 5) is 8.37. The first-order valence-electron chi connectivity index (χ1n) is 5.32. The molecule has 5 nitrogen and oxygen atoms in total. The zero-order chi connectivity index (χ0) is 14.0. The molecule has 0 saturated heterocycles. The van der Waals surface area contributed by atoms with Crippen LogP contribution in [-0.4, -0.2) is 22.2 Å². The molecule has 1 aromatic heterocycles. The van der Waals surface area contributed by atoms with Crippen LogP contribution in [0, 0.1) is 9.39 Å². The predicted octanol–water partition coefficient (Wildman–Crippen LogP) is 2.32. The Bertz CT molecular complexity index is 602. The molecule has 0 atom stereocenters. The number of methoxy groups -OCH3 is 1. The Kier molecular flexibility index (Phi) is 4.15. The van der Waals surface area contributed by atoms with Crippen LogP contribution in [-0.2, 0) is 11.3 Å². The first-order chi connectivity index (χ1) is 9.01. The number of nitrogen functional groups attached to an aromatic ring is 1. The number of phenols is 1. The lowest BCUT2D eigenvalue weighted by molar-refractivity contribution is 0.181. The molecule has 7 heteroatoms. The molecule has 0 fully saturated rings. The van der Waals surface area contributed by atoms with Crippen LogP contribution in [0.5, 0.6) is 5.75 Å². The van der Waals surface area contributed by atoms with Gasteiger partial charge in [-0.3, -0.25) is 0 Å². The van der Waals surface area contributed by atoms with Gasteiger partial charge in [0.1, 0.15) is 17.4 Å². The lowest BCUT2D eigenvalue weighted by Gasteiger charge is -2.09. The van der Waals surface area contributed by atoms with Crippen LogP contribution in [0.4, 0.5) is 10.2 Å². The summed E-state index contributed by atoms with van der Waals surface area (Å²) < 4.78 is 19.0. The van der Waals surface area contributed by atoms with E-state index in [1.54, 1.807) is 7.11 Å². The summed E-state index contributed by atoms with van der Waals surface area (Å²) in [7, 11) is 1.54. The van der Waals surface area contributed by atoms with Gasteiger partial charge in [-0.25, -0.2) is 14.4 Å². The number of halogens is 2. The highest BCUT2D eigenvalue weighted by Crippen LogP contribution is 2.25. The molecule has 0 radical (unpaired) electrons. The molecule has 100 valence electrons. The van der Waals surface area contributed by atoms with Crippen LogP contribution in [0.15, 0.2) is 18.2 Å². The van der Waals surface area contributed by atoms with Gasteiger partial charge in [0.05, 0.1) is 15.9 Å². The van der Waals surface area contributed by atoms with Gasteiger partial charge in [-0.1, -0.05) is 0 Å². The lowest BCUT2D eigenvalue weighted by Crippen LogP contribution is -2.06. The van der Waals surface area contributed by atoms with Crippen LogP contribution in [0.1, 0.15) is 5.69 Å². The van der Waals surface area contributed by atoms with Gasteiger partial charge in [-0.2, -0.15) is 0 Å². The highest BCUT2D eigenvalue weighted by Gasteiger charge is 2.12. The Balaban J connectivity index is 2.55. The van der Waals surface area contributed by atoms with Gasteiger partial charge in [0.25, 0.3) is 0 Å². The molecule has 19 heavy (non-hydrogen) atoms. The summed E-state index contributed by atoms with van der Waals surface area (Å²) in [6.45, 7) is 0.277. The van der Waals surface area contributed by atoms with Crippen LogP contribution in [0.25, 0.3) is 11.4 Å². The number of aromatic hydroxyl groups is 1. The van der Waals surface area contributed by atoms with Crippen molar-refractivity contribution in [1.29, 1.82) is 0 Å². The molecule has 0 spiro atoms. The van der Waals surface area contributed by atoms with E-state index in [2.05, 4.69) is 9.97 Å². The molecule has 0 bridgehead atoms. The maximum atomic E-state index is 13.3. The van der Waals surface area contributed by atoms with Crippen molar-refractivity contribution in [3.63, 3.8) is 0 Å². The molecule has 0 aliphatic heterocycles. The molecule has 0 saturated carbocycles. The topological polar surface area (TPSA) is 81.3 Å². The zero-order valence-electron chi connectivity index (χ0n) is 10.0. The number of rotatable bonds is 3.